The summed E-state index contributed by atoms with van der Waals surface area (Å²) in [5.41, 5.74) is 0.645. The first-order valence-corrected chi connectivity index (χ1v) is 8.22. The summed E-state index contributed by atoms with van der Waals surface area (Å²) in [7, 11) is 0. The summed E-state index contributed by atoms with van der Waals surface area (Å²) in [6, 6.07) is 4.69. The molecule has 4 heteroatoms. The van der Waals surface area contributed by atoms with Crippen molar-refractivity contribution in [3.8, 4) is 0 Å². The van der Waals surface area contributed by atoms with Crippen molar-refractivity contribution in [2.75, 3.05) is 13.1 Å². The fourth-order valence-corrected chi connectivity index (χ4v) is 3.39. The van der Waals surface area contributed by atoms with Gasteiger partial charge in [-0.1, -0.05) is 31.0 Å². The minimum atomic E-state index is -0.484. The normalized spacial score (nSPS) is 21.0. The third-order valence-electron chi connectivity index (χ3n) is 4.93. The molecule has 1 fully saturated rings. The number of nitrogens with zero attached hydrogens (tertiary/aromatic N) is 1. The fraction of sp³-hybridized carbons (Fsp3) is 0.647. The number of aliphatic hydroxyl groups excluding tert-OH is 1. The molecular weight excluding hydrogens is 289 g/mol. The zero-order chi connectivity index (χ0) is 15.5. The topological polar surface area (TPSA) is 23.5 Å². The van der Waals surface area contributed by atoms with Gasteiger partial charge in [0.15, 0.2) is 0 Å². The number of hydrogen-bond donors (Lipinski definition) is 1. The van der Waals surface area contributed by atoms with Gasteiger partial charge in [-0.3, -0.25) is 4.90 Å². The van der Waals surface area contributed by atoms with Crippen LogP contribution in [0.2, 0.25) is 5.02 Å². The van der Waals surface area contributed by atoms with E-state index in [1.807, 2.05) is 0 Å². The Bertz CT molecular complexity index is 476. The summed E-state index contributed by atoms with van der Waals surface area (Å²) >= 11 is 5.83. The maximum Gasteiger partial charge on any atom is 0.141 e. The molecule has 1 aromatic rings. The molecule has 0 aliphatic carbocycles. The molecule has 21 heavy (non-hydrogen) atoms. The van der Waals surface area contributed by atoms with Gasteiger partial charge >= 0.3 is 0 Å². The smallest absolute Gasteiger partial charge is 0.141 e. The number of halogens is 2. The quantitative estimate of drug-likeness (QED) is 0.887. The molecule has 0 aromatic heterocycles. The van der Waals surface area contributed by atoms with E-state index < -0.39 is 11.9 Å². The molecule has 1 heterocycles. The van der Waals surface area contributed by atoms with Gasteiger partial charge in [0.25, 0.3) is 0 Å². The predicted octanol–water partition coefficient (Wildman–Crippen LogP) is 4.04. The van der Waals surface area contributed by atoms with Crippen LogP contribution in [0, 0.1) is 5.82 Å². The first-order chi connectivity index (χ1) is 9.97. The summed E-state index contributed by atoms with van der Waals surface area (Å²) in [5.74, 6) is -0.413. The molecule has 0 spiro atoms. The minimum absolute atomic E-state index is 0.121. The lowest BCUT2D eigenvalue weighted by Gasteiger charge is -2.46. The van der Waals surface area contributed by atoms with Gasteiger partial charge in [-0.05, 0) is 57.0 Å². The van der Waals surface area contributed by atoms with E-state index in [9.17, 15) is 9.50 Å². The lowest BCUT2D eigenvalue weighted by molar-refractivity contribution is -0.0328. The number of piperidine rings is 1. The average molecular weight is 314 g/mol. The van der Waals surface area contributed by atoms with Crippen LogP contribution in [0.5, 0.6) is 0 Å². The van der Waals surface area contributed by atoms with E-state index >= 15 is 0 Å². The van der Waals surface area contributed by atoms with Crippen molar-refractivity contribution in [2.45, 2.75) is 57.6 Å². The van der Waals surface area contributed by atoms with Gasteiger partial charge in [-0.25, -0.2) is 4.39 Å². The van der Waals surface area contributed by atoms with Gasteiger partial charge in [0.1, 0.15) is 5.82 Å². The summed E-state index contributed by atoms with van der Waals surface area (Å²) in [6.45, 7) is 6.35. The Labute approximate surface area is 131 Å². The summed E-state index contributed by atoms with van der Waals surface area (Å²) in [4.78, 5) is 2.41. The molecule has 2 unspecified atom stereocenters. The summed E-state index contributed by atoms with van der Waals surface area (Å²) in [6.07, 6.45) is 4.58. The van der Waals surface area contributed by atoms with Crippen LogP contribution in [-0.4, -0.2) is 34.7 Å². The van der Waals surface area contributed by atoms with Crippen LogP contribution in [0.1, 0.15) is 45.1 Å². The van der Waals surface area contributed by atoms with E-state index in [2.05, 4.69) is 18.7 Å². The highest BCUT2D eigenvalue weighted by molar-refractivity contribution is 6.30. The SMILES string of the molecule is CCC(C)(C(O)Cc1ccc(F)c(Cl)c1)N1CCCCC1. The van der Waals surface area contributed by atoms with Crippen LogP contribution in [0.25, 0.3) is 0 Å². The van der Waals surface area contributed by atoms with Crippen LogP contribution in [0.3, 0.4) is 0 Å². The first kappa shape index (κ1) is 16.7. The molecule has 1 N–H and O–H groups in total. The third kappa shape index (κ3) is 3.77. The monoisotopic (exact) mass is 313 g/mol. The molecule has 0 saturated carbocycles. The van der Waals surface area contributed by atoms with Gasteiger partial charge in [0.2, 0.25) is 0 Å². The Morgan fingerprint density at radius 3 is 2.57 bits per heavy atom. The molecule has 0 radical (unpaired) electrons. The fourth-order valence-electron chi connectivity index (χ4n) is 3.18. The maximum absolute atomic E-state index is 13.2. The highest BCUT2D eigenvalue weighted by Gasteiger charge is 2.37. The zero-order valence-electron chi connectivity index (χ0n) is 12.9. The molecule has 1 aliphatic rings. The summed E-state index contributed by atoms with van der Waals surface area (Å²) < 4.78 is 13.2. The Hall–Kier alpha value is -0.640. The lowest BCUT2D eigenvalue weighted by atomic mass is 9.84. The Morgan fingerprint density at radius 1 is 1.33 bits per heavy atom. The second kappa shape index (κ2) is 7.08. The second-order valence-electron chi connectivity index (χ2n) is 6.23. The van der Waals surface area contributed by atoms with Crippen LogP contribution >= 0.6 is 11.6 Å². The van der Waals surface area contributed by atoms with Gasteiger partial charge in [-0.2, -0.15) is 0 Å². The minimum Gasteiger partial charge on any atom is -0.391 e. The van der Waals surface area contributed by atoms with Crippen molar-refractivity contribution in [3.05, 3.63) is 34.6 Å². The van der Waals surface area contributed by atoms with Crippen molar-refractivity contribution < 1.29 is 9.50 Å². The summed E-state index contributed by atoms with van der Waals surface area (Å²) in [5, 5.41) is 10.9. The van der Waals surface area contributed by atoms with Crippen LogP contribution < -0.4 is 0 Å². The van der Waals surface area contributed by atoms with E-state index in [4.69, 9.17) is 11.6 Å². The third-order valence-corrected chi connectivity index (χ3v) is 5.21. The van der Waals surface area contributed by atoms with Gasteiger partial charge in [0, 0.05) is 12.0 Å². The molecule has 0 amide bonds. The highest BCUT2D eigenvalue weighted by Crippen LogP contribution is 2.29. The molecule has 2 atom stereocenters. The van der Waals surface area contributed by atoms with Crippen molar-refractivity contribution >= 4 is 11.6 Å². The molecule has 2 nitrogen and oxygen atoms in total. The maximum atomic E-state index is 13.2. The molecule has 1 aromatic carbocycles. The van der Waals surface area contributed by atoms with E-state index in [0.717, 1.165) is 25.1 Å². The van der Waals surface area contributed by atoms with Gasteiger partial charge in [-0.15, -0.1) is 0 Å². The lowest BCUT2D eigenvalue weighted by Crippen LogP contribution is -2.56. The second-order valence-corrected chi connectivity index (χ2v) is 6.63. The van der Waals surface area contributed by atoms with Gasteiger partial charge in [0.05, 0.1) is 11.1 Å². The molecular formula is C17H25ClFNO. The largest absolute Gasteiger partial charge is 0.391 e. The number of aliphatic hydroxyl groups is 1. The van der Waals surface area contributed by atoms with E-state index in [1.54, 1.807) is 12.1 Å². The van der Waals surface area contributed by atoms with Crippen molar-refractivity contribution in [3.63, 3.8) is 0 Å². The van der Waals surface area contributed by atoms with E-state index in [-0.39, 0.29) is 10.6 Å². The molecule has 1 aliphatic heterocycles. The standard InChI is InChI=1S/C17H25ClFNO/c1-3-17(2,20-9-5-4-6-10-20)16(21)12-13-7-8-15(19)14(18)11-13/h7-8,11,16,21H,3-6,9-10,12H2,1-2H3. The van der Waals surface area contributed by atoms with Crippen molar-refractivity contribution in [1.82, 2.24) is 4.90 Å². The molecule has 118 valence electrons. The number of likely N-dealkylation sites (tertiary alicyclic amines) is 1. The van der Waals surface area contributed by atoms with E-state index in [0.29, 0.717) is 6.42 Å². The van der Waals surface area contributed by atoms with Crippen molar-refractivity contribution in [2.24, 2.45) is 0 Å². The first-order valence-electron chi connectivity index (χ1n) is 7.84. The van der Waals surface area contributed by atoms with Crippen LogP contribution in [0.4, 0.5) is 4.39 Å². The molecule has 0 bridgehead atoms. The van der Waals surface area contributed by atoms with E-state index in [1.165, 1.54) is 25.3 Å². The number of hydrogen-bond acceptors (Lipinski definition) is 2. The van der Waals surface area contributed by atoms with Crippen LogP contribution in [-0.2, 0) is 6.42 Å². The highest BCUT2D eigenvalue weighted by atomic mass is 35.5. The predicted molar refractivity (Wildman–Crippen MR) is 85.2 cm³/mol. The van der Waals surface area contributed by atoms with Crippen molar-refractivity contribution in [1.29, 1.82) is 0 Å². The Morgan fingerprint density at radius 2 is 2.00 bits per heavy atom. The average Bonchev–Trinajstić information content (AvgIpc) is 2.51. The van der Waals surface area contributed by atoms with Gasteiger partial charge < -0.3 is 5.11 Å². The van der Waals surface area contributed by atoms with Crippen LogP contribution in [0.15, 0.2) is 18.2 Å². The molecule has 1 saturated heterocycles. The number of rotatable bonds is 5. The Kier molecular flexibility index (Phi) is 5.64. The number of benzene rings is 1. The zero-order valence-corrected chi connectivity index (χ0v) is 13.7. The molecule has 2 rings (SSSR count). The Balaban J connectivity index is 2.11.